The van der Waals surface area contributed by atoms with Crippen molar-refractivity contribution in [3.05, 3.63) is 83.6 Å². The van der Waals surface area contributed by atoms with Crippen LogP contribution < -0.4 is 5.73 Å². The van der Waals surface area contributed by atoms with E-state index in [1.807, 2.05) is 37.3 Å². The molecule has 25 heavy (non-hydrogen) atoms. The summed E-state index contributed by atoms with van der Waals surface area (Å²) in [4.78, 5) is 11.8. The van der Waals surface area contributed by atoms with E-state index in [2.05, 4.69) is 47.9 Å². The Hall–Kier alpha value is -2.81. The average molecular weight is 332 g/mol. The van der Waals surface area contributed by atoms with Crippen molar-refractivity contribution in [1.82, 2.24) is 4.57 Å². The molecule has 0 aliphatic carbocycles. The first-order chi connectivity index (χ1) is 12.1. The third-order valence-electron chi connectivity index (χ3n) is 4.76. The lowest BCUT2D eigenvalue weighted by molar-refractivity contribution is 0.0999. The van der Waals surface area contributed by atoms with Crippen molar-refractivity contribution in [2.45, 2.75) is 32.7 Å². The van der Waals surface area contributed by atoms with Crippen molar-refractivity contribution < 1.29 is 4.79 Å². The summed E-state index contributed by atoms with van der Waals surface area (Å²) in [6, 6.07) is 22.8. The Kier molecular flexibility index (Phi) is 5.03. The number of benzene rings is 2. The first-order valence-corrected chi connectivity index (χ1v) is 8.69. The fourth-order valence-corrected chi connectivity index (χ4v) is 3.42. The second kappa shape index (κ2) is 7.39. The van der Waals surface area contributed by atoms with Gasteiger partial charge in [0.15, 0.2) is 0 Å². The van der Waals surface area contributed by atoms with Crippen LogP contribution in [0.3, 0.4) is 0 Å². The van der Waals surface area contributed by atoms with Crippen LogP contribution in [0.25, 0.3) is 11.3 Å². The first-order valence-electron chi connectivity index (χ1n) is 8.69. The number of primary amides is 1. The summed E-state index contributed by atoms with van der Waals surface area (Å²) in [6.07, 6.45) is 2.00. The average Bonchev–Trinajstić information content (AvgIpc) is 2.99. The van der Waals surface area contributed by atoms with Gasteiger partial charge in [-0.05, 0) is 43.9 Å². The zero-order valence-corrected chi connectivity index (χ0v) is 14.8. The Labute approximate surface area is 149 Å². The van der Waals surface area contributed by atoms with Gasteiger partial charge in [-0.2, -0.15) is 0 Å². The van der Waals surface area contributed by atoms with E-state index in [9.17, 15) is 4.79 Å². The maximum Gasteiger partial charge on any atom is 0.250 e. The van der Waals surface area contributed by atoms with Gasteiger partial charge in [0.2, 0.25) is 0 Å². The molecule has 3 nitrogen and oxygen atoms in total. The van der Waals surface area contributed by atoms with E-state index in [1.54, 1.807) is 0 Å². The molecule has 0 spiro atoms. The predicted octanol–water partition coefficient (Wildman–Crippen LogP) is 4.76. The maximum absolute atomic E-state index is 11.8. The van der Waals surface area contributed by atoms with E-state index in [0.29, 0.717) is 5.56 Å². The van der Waals surface area contributed by atoms with Crippen LogP contribution in [0.1, 0.15) is 41.0 Å². The van der Waals surface area contributed by atoms with E-state index in [0.717, 1.165) is 29.8 Å². The molecule has 1 atom stereocenters. The minimum Gasteiger partial charge on any atom is -0.366 e. The standard InChI is InChI=1S/C22H24N2O/c1-16(13-14-18-9-5-3-6-10-18)24-17(2)20(22(23)25)15-21(24)19-11-7-4-8-12-19/h3-12,15-16H,13-14H2,1-2H3,(H2,23,25). The second-order valence-corrected chi connectivity index (χ2v) is 6.50. The fourth-order valence-electron chi connectivity index (χ4n) is 3.42. The molecule has 0 saturated carbocycles. The van der Waals surface area contributed by atoms with Crippen LogP contribution in [0.15, 0.2) is 66.7 Å². The van der Waals surface area contributed by atoms with Gasteiger partial charge in [-0.1, -0.05) is 60.7 Å². The monoisotopic (exact) mass is 332 g/mol. The van der Waals surface area contributed by atoms with Crippen LogP contribution in [-0.2, 0) is 6.42 Å². The highest BCUT2D eigenvalue weighted by atomic mass is 16.1. The Morgan fingerprint density at radius 2 is 1.64 bits per heavy atom. The van der Waals surface area contributed by atoms with Gasteiger partial charge in [0.05, 0.1) is 5.56 Å². The van der Waals surface area contributed by atoms with Gasteiger partial charge in [-0.15, -0.1) is 0 Å². The summed E-state index contributed by atoms with van der Waals surface area (Å²) >= 11 is 0. The van der Waals surface area contributed by atoms with Crippen LogP contribution in [0.4, 0.5) is 0 Å². The molecule has 2 N–H and O–H groups in total. The van der Waals surface area contributed by atoms with Gasteiger partial charge in [0.25, 0.3) is 5.91 Å². The van der Waals surface area contributed by atoms with Crippen LogP contribution in [0.5, 0.6) is 0 Å². The number of nitrogens with zero attached hydrogens (tertiary/aromatic N) is 1. The highest BCUT2D eigenvalue weighted by molar-refractivity contribution is 5.95. The molecule has 2 aromatic carbocycles. The molecular weight excluding hydrogens is 308 g/mol. The minimum atomic E-state index is -0.372. The summed E-state index contributed by atoms with van der Waals surface area (Å²) in [5, 5.41) is 0. The molecule has 0 radical (unpaired) electrons. The maximum atomic E-state index is 11.8. The zero-order valence-electron chi connectivity index (χ0n) is 14.8. The summed E-state index contributed by atoms with van der Waals surface area (Å²) in [5.74, 6) is -0.372. The Balaban J connectivity index is 1.94. The molecule has 3 aromatic rings. The number of carbonyl (C=O) groups is 1. The SMILES string of the molecule is Cc1c(C(N)=O)cc(-c2ccccc2)n1C(C)CCc1ccccc1. The molecular formula is C22H24N2O. The highest BCUT2D eigenvalue weighted by Crippen LogP contribution is 2.31. The lowest BCUT2D eigenvalue weighted by Gasteiger charge is -2.20. The Morgan fingerprint density at radius 1 is 1.04 bits per heavy atom. The van der Waals surface area contributed by atoms with Crippen LogP contribution >= 0.6 is 0 Å². The predicted molar refractivity (Wildman–Crippen MR) is 103 cm³/mol. The highest BCUT2D eigenvalue weighted by Gasteiger charge is 2.20. The van der Waals surface area contributed by atoms with Gasteiger partial charge in [-0.25, -0.2) is 0 Å². The van der Waals surface area contributed by atoms with Gasteiger partial charge < -0.3 is 10.3 Å². The van der Waals surface area contributed by atoms with E-state index in [1.165, 1.54) is 5.56 Å². The van der Waals surface area contributed by atoms with Crippen molar-refractivity contribution in [1.29, 1.82) is 0 Å². The van der Waals surface area contributed by atoms with E-state index in [-0.39, 0.29) is 11.9 Å². The molecule has 0 fully saturated rings. The summed E-state index contributed by atoms with van der Waals surface area (Å²) < 4.78 is 2.25. The van der Waals surface area contributed by atoms with Gasteiger partial charge in [0.1, 0.15) is 0 Å². The zero-order chi connectivity index (χ0) is 17.8. The number of hydrogen-bond donors (Lipinski definition) is 1. The van der Waals surface area contributed by atoms with Crippen molar-refractivity contribution in [3.8, 4) is 11.3 Å². The van der Waals surface area contributed by atoms with Gasteiger partial charge >= 0.3 is 0 Å². The van der Waals surface area contributed by atoms with Crippen molar-refractivity contribution in [2.75, 3.05) is 0 Å². The third kappa shape index (κ3) is 3.66. The number of rotatable bonds is 6. The molecule has 3 heteroatoms. The summed E-state index contributed by atoms with van der Waals surface area (Å²) in [7, 11) is 0. The normalized spacial score (nSPS) is 12.1. The molecule has 1 aromatic heterocycles. The molecule has 3 rings (SSSR count). The summed E-state index contributed by atoms with van der Waals surface area (Å²) in [6.45, 7) is 4.18. The van der Waals surface area contributed by atoms with E-state index < -0.39 is 0 Å². The molecule has 0 bridgehead atoms. The number of aryl methyl sites for hydroxylation is 1. The lowest BCUT2D eigenvalue weighted by atomic mass is 10.1. The van der Waals surface area contributed by atoms with Gasteiger partial charge in [-0.3, -0.25) is 4.79 Å². The second-order valence-electron chi connectivity index (χ2n) is 6.50. The number of nitrogens with two attached hydrogens (primary N) is 1. The Morgan fingerprint density at radius 3 is 2.24 bits per heavy atom. The van der Waals surface area contributed by atoms with Crippen molar-refractivity contribution in [2.24, 2.45) is 5.73 Å². The van der Waals surface area contributed by atoms with Gasteiger partial charge in [0, 0.05) is 17.4 Å². The van der Waals surface area contributed by atoms with Crippen LogP contribution in [-0.4, -0.2) is 10.5 Å². The van der Waals surface area contributed by atoms with Crippen molar-refractivity contribution in [3.63, 3.8) is 0 Å². The topological polar surface area (TPSA) is 48.0 Å². The fraction of sp³-hybridized carbons (Fsp3) is 0.227. The number of amides is 1. The number of hydrogen-bond acceptors (Lipinski definition) is 1. The lowest BCUT2D eigenvalue weighted by Crippen LogP contribution is -2.14. The third-order valence-corrected chi connectivity index (χ3v) is 4.76. The Bertz CT molecular complexity index is 850. The molecule has 0 saturated heterocycles. The molecule has 0 aliphatic rings. The first kappa shape index (κ1) is 17.0. The molecule has 1 unspecified atom stereocenters. The molecule has 128 valence electrons. The molecule has 1 heterocycles. The van der Waals surface area contributed by atoms with Crippen molar-refractivity contribution >= 4 is 5.91 Å². The quantitative estimate of drug-likeness (QED) is 0.695. The van der Waals surface area contributed by atoms with E-state index >= 15 is 0 Å². The molecule has 1 amide bonds. The smallest absolute Gasteiger partial charge is 0.250 e. The minimum absolute atomic E-state index is 0.267. The van der Waals surface area contributed by atoms with Crippen LogP contribution in [0, 0.1) is 6.92 Å². The largest absolute Gasteiger partial charge is 0.366 e. The van der Waals surface area contributed by atoms with E-state index in [4.69, 9.17) is 5.73 Å². The number of aromatic nitrogens is 1. The number of carbonyl (C=O) groups excluding carboxylic acids is 1. The molecule has 0 aliphatic heterocycles. The summed E-state index contributed by atoms with van der Waals surface area (Å²) in [5.41, 5.74) is 10.6. The van der Waals surface area contributed by atoms with Crippen LogP contribution in [0.2, 0.25) is 0 Å².